The Morgan fingerprint density at radius 2 is 1.55 bits per heavy atom. The van der Waals surface area contributed by atoms with Crippen LogP contribution in [0.5, 0.6) is 11.5 Å². The molecule has 1 aliphatic heterocycles. The van der Waals surface area contributed by atoms with Crippen LogP contribution in [0.2, 0.25) is 0 Å². The lowest BCUT2D eigenvalue weighted by Crippen LogP contribution is -2.51. The van der Waals surface area contributed by atoms with E-state index in [1.807, 2.05) is 32.6 Å². The molecule has 1 fully saturated rings. The number of nitrogens with one attached hydrogen (secondary N) is 2. The van der Waals surface area contributed by atoms with Gasteiger partial charge in [0.25, 0.3) is 11.8 Å². The molecule has 0 aromatic heterocycles. The van der Waals surface area contributed by atoms with E-state index in [-0.39, 0.29) is 36.4 Å². The van der Waals surface area contributed by atoms with Crippen molar-refractivity contribution >= 4 is 17.7 Å². The number of hydrogen-bond acceptors (Lipinski definition) is 6. The normalized spacial score (nSPS) is 14.5. The minimum Gasteiger partial charge on any atom is -0.493 e. The van der Waals surface area contributed by atoms with E-state index >= 15 is 0 Å². The second kappa shape index (κ2) is 11.5. The fourth-order valence-electron chi connectivity index (χ4n) is 3.29. The fourth-order valence-corrected chi connectivity index (χ4v) is 3.29. The fraction of sp³-hybridized carbons (Fsp3) is 0.591. The van der Waals surface area contributed by atoms with Gasteiger partial charge in [-0.1, -0.05) is 0 Å². The molecular weight excluding hydrogens is 400 g/mol. The summed E-state index contributed by atoms with van der Waals surface area (Å²) in [6.07, 6.45) is 0. The lowest BCUT2D eigenvalue weighted by Gasteiger charge is -2.34. The maximum atomic E-state index is 12.9. The number of piperazine rings is 1. The van der Waals surface area contributed by atoms with E-state index in [9.17, 15) is 14.4 Å². The van der Waals surface area contributed by atoms with E-state index < -0.39 is 0 Å². The maximum Gasteiger partial charge on any atom is 0.258 e. The number of methoxy groups -OCH3 is 1. The van der Waals surface area contributed by atoms with Crippen LogP contribution in [0.1, 0.15) is 38.1 Å². The Bertz CT molecular complexity index is 773. The number of amides is 3. The molecule has 2 rings (SSSR count). The van der Waals surface area contributed by atoms with Gasteiger partial charge in [-0.2, -0.15) is 0 Å². The monoisotopic (exact) mass is 434 g/mol. The van der Waals surface area contributed by atoms with Crippen molar-refractivity contribution in [2.75, 3.05) is 46.4 Å². The van der Waals surface area contributed by atoms with E-state index in [4.69, 9.17) is 9.47 Å². The first-order valence-corrected chi connectivity index (χ1v) is 10.6. The van der Waals surface area contributed by atoms with Crippen LogP contribution in [0, 0.1) is 0 Å². The molecule has 0 unspecified atom stereocenters. The first kappa shape index (κ1) is 24.5. The van der Waals surface area contributed by atoms with Gasteiger partial charge in [-0.25, -0.2) is 0 Å². The van der Waals surface area contributed by atoms with Gasteiger partial charge < -0.3 is 25.0 Å². The van der Waals surface area contributed by atoms with E-state index in [2.05, 4.69) is 10.6 Å². The van der Waals surface area contributed by atoms with Crippen molar-refractivity contribution in [3.63, 3.8) is 0 Å². The molecule has 0 aliphatic carbocycles. The molecule has 0 bridgehead atoms. The summed E-state index contributed by atoms with van der Waals surface area (Å²) < 4.78 is 10.9. The molecule has 0 radical (unpaired) electrons. The standard InChI is InChI=1S/C22H34N4O5/c1-15(2)23-20(27)13-25-8-10-26(11-9-25)22(29)17-6-7-18(19(12-17)30-5)31-14-21(28)24-16(3)4/h6-7,12,15-16H,8-11,13-14H2,1-5H3,(H,23,27)(H,24,28). The first-order valence-electron chi connectivity index (χ1n) is 10.6. The maximum absolute atomic E-state index is 12.9. The summed E-state index contributed by atoms with van der Waals surface area (Å²) in [5, 5.41) is 5.64. The van der Waals surface area contributed by atoms with Gasteiger partial charge in [0.2, 0.25) is 5.91 Å². The van der Waals surface area contributed by atoms with Gasteiger partial charge in [0.05, 0.1) is 13.7 Å². The Morgan fingerprint density at radius 1 is 0.935 bits per heavy atom. The summed E-state index contributed by atoms with van der Waals surface area (Å²) in [4.78, 5) is 40.4. The Kier molecular flexibility index (Phi) is 9.11. The van der Waals surface area contributed by atoms with E-state index in [0.717, 1.165) is 0 Å². The molecule has 0 atom stereocenters. The third-order valence-corrected chi connectivity index (χ3v) is 4.70. The number of rotatable bonds is 9. The molecule has 0 spiro atoms. The molecule has 1 aliphatic rings. The van der Waals surface area contributed by atoms with E-state index in [1.54, 1.807) is 23.1 Å². The Balaban J connectivity index is 1.92. The van der Waals surface area contributed by atoms with E-state index in [1.165, 1.54) is 7.11 Å². The molecule has 1 aromatic rings. The van der Waals surface area contributed by atoms with Crippen LogP contribution in [-0.2, 0) is 9.59 Å². The highest BCUT2D eigenvalue weighted by Gasteiger charge is 2.24. The predicted molar refractivity (Wildman–Crippen MR) is 117 cm³/mol. The average Bonchev–Trinajstić information content (AvgIpc) is 2.71. The highest BCUT2D eigenvalue weighted by atomic mass is 16.5. The summed E-state index contributed by atoms with van der Waals surface area (Å²) in [6, 6.07) is 5.08. The molecule has 0 saturated carbocycles. The number of ether oxygens (including phenoxy) is 2. The molecule has 172 valence electrons. The summed E-state index contributed by atoms with van der Waals surface area (Å²) in [7, 11) is 1.49. The Morgan fingerprint density at radius 3 is 2.13 bits per heavy atom. The summed E-state index contributed by atoms with van der Waals surface area (Å²) in [5.41, 5.74) is 0.488. The zero-order valence-electron chi connectivity index (χ0n) is 19.1. The number of carbonyl (C=O) groups excluding carboxylic acids is 3. The summed E-state index contributed by atoms with van der Waals surface area (Å²) in [5.74, 6) is 0.467. The van der Waals surface area contributed by atoms with Crippen molar-refractivity contribution < 1.29 is 23.9 Å². The van der Waals surface area contributed by atoms with Gasteiger partial charge in [-0.3, -0.25) is 19.3 Å². The minimum atomic E-state index is -0.225. The highest BCUT2D eigenvalue weighted by Crippen LogP contribution is 2.28. The van der Waals surface area contributed by atoms with Crippen molar-refractivity contribution in [3.8, 4) is 11.5 Å². The number of nitrogens with zero attached hydrogens (tertiary/aromatic N) is 2. The number of carbonyl (C=O) groups is 3. The first-order chi connectivity index (χ1) is 14.7. The van der Waals surface area contributed by atoms with Crippen LogP contribution in [0.3, 0.4) is 0 Å². The topological polar surface area (TPSA) is 100 Å². The average molecular weight is 435 g/mol. The number of benzene rings is 1. The third-order valence-electron chi connectivity index (χ3n) is 4.70. The lowest BCUT2D eigenvalue weighted by molar-refractivity contribution is -0.124. The van der Waals surface area contributed by atoms with Gasteiger partial charge in [0.1, 0.15) is 0 Å². The predicted octanol–water partition coefficient (Wildman–Crippen LogP) is 0.881. The minimum absolute atomic E-state index is 0.00261. The molecule has 31 heavy (non-hydrogen) atoms. The number of hydrogen-bond donors (Lipinski definition) is 2. The summed E-state index contributed by atoms with van der Waals surface area (Å²) >= 11 is 0. The van der Waals surface area contributed by atoms with Crippen LogP contribution in [0.15, 0.2) is 18.2 Å². The van der Waals surface area contributed by atoms with Crippen LogP contribution >= 0.6 is 0 Å². The second-order valence-corrected chi connectivity index (χ2v) is 8.17. The summed E-state index contributed by atoms with van der Waals surface area (Å²) in [6.45, 7) is 10.2. The Labute approximate surface area is 184 Å². The van der Waals surface area contributed by atoms with Crippen molar-refractivity contribution in [3.05, 3.63) is 23.8 Å². The van der Waals surface area contributed by atoms with Crippen molar-refractivity contribution in [1.82, 2.24) is 20.4 Å². The second-order valence-electron chi connectivity index (χ2n) is 8.17. The quantitative estimate of drug-likeness (QED) is 0.599. The molecule has 9 heteroatoms. The zero-order valence-corrected chi connectivity index (χ0v) is 19.1. The molecule has 1 aromatic carbocycles. The van der Waals surface area contributed by atoms with Gasteiger partial charge in [-0.05, 0) is 45.9 Å². The molecular formula is C22H34N4O5. The van der Waals surface area contributed by atoms with Crippen LogP contribution in [-0.4, -0.2) is 86.0 Å². The molecule has 3 amide bonds. The van der Waals surface area contributed by atoms with Gasteiger partial charge in [0, 0.05) is 43.8 Å². The Hall–Kier alpha value is -2.81. The van der Waals surface area contributed by atoms with Crippen molar-refractivity contribution in [1.29, 1.82) is 0 Å². The largest absolute Gasteiger partial charge is 0.493 e. The van der Waals surface area contributed by atoms with Gasteiger partial charge in [0.15, 0.2) is 18.1 Å². The van der Waals surface area contributed by atoms with Crippen LogP contribution < -0.4 is 20.1 Å². The molecule has 1 saturated heterocycles. The van der Waals surface area contributed by atoms with Crippen molar-refractivity contribution in [2.45, 2.75) is 39.8 Å². The van der Waals surface area contributed by atoms with Crippen LogP contribution in [0.25, 0.3) is 0 Å². The van der Waals surface area contributed by atoms with Crippen molar-refractivity contribution in [2.24, 2.45) is 0 Å². The third kappa shape index (κ3) is 7.75. The van der Waals surface area contributed by atoms with Gasteiger partial charge >= 0.3 is 0 Å². The van der Waals surface area contributed by atoms with Gasteiger partial charge in [-0.15, -0.1) is 0 Å². The lowest BCUT2D eigenvalue weighted by atomic mass is 10.1. The van der Waals surface area contributed by atoms with Crippen LogP contribution in [0.4, 0.5) is 0 Å². The smallest absolute Gasteiger partial charge is 0.258 e. The molecule has 1 heterocycles. The highest BCUT2D eigenvalue weighted by molar-refractivity contribution is 5.95. The molecule has 9 nitrogen and oxygen atoms in total. The zero-order chi connectivity index (χ0) is 23.0. The van der Waals surface area contributed by atoms with E-state index in [0.29, 0.717) is 49.8 Å². The molecule has 2 N–H and O–H groups in total. The SMILES string of the molecule is COc1cc(C(=O)N2CCN(CC(=O)NC(C)C)CC2)ccc1OCC(=O)NC(C)C.